The topological polar surface area (TPSA) is 102 Å². The number of nitro groups is 1. The molecule has 0 atom stereocenters. The summed E-state index contributed by atoms with van der Waals surface area (Å²) in [7, 11) is 0. The molecule has 1 heterocycles. The van der Waals surface area contributed by atoms with Crippen molar-refractivity contribution in [3.63, 3.8) is 0 Å². The van der Waals surface area contributed by atoms with Crippen LogP contribution in [0.4, 0.5) is 21.9 Å². The lowest BCUT2D eigenvalue weighted by Gasteiger charge is -2.13. The number of hydrogen-bond donors (Lipinski definition) is 2. The second-order valence-electron chi connectivity index (χ2n) is 6.36. The number of rotatable bonds is 4. The number of urea groups is 1. The van der Waals surface area contributed by atoms with Crippen LogP contribution < -0.4 is 10.6 Å². The monoisotopic (exact) mass is 343 g/mol. The highest BCUT2D eigenvalue weighted by molar-refractivity contribution is 6.00. The average molecular weight is 343 g/mol. The van der Waals surface area contributed by atoms with E-state index in [1.165, 1.54) is 31.0 Å². The summed E-state index contributed by atoms with van der Waals surface area (Å²) in [5.41, 5.74) is 2.76. The van der Waals surface area contributed by atoms with Crippen LogP contribution in [0, 0.1) is 24.0 Å². The third-order valence-electron chi connectivity index (χ3n) is 4.63. The summed E-state index contributed by atoms with van der Waals surface area (Å²) in [6.45, 7) is 3.66. The van der Waals surface area contributed by atoms with Crippen molar-refractivity contribution in [1.29, 1.82) is 0 Å². The minimum atomic E-state index is -0.461. The highest BCUT2D eigenvalue weighted by atomic mass is 16.6. The Morgan fingerprint density at radius 1 is 1.24 bits per heavy atom. The van der Waals surface area contributed by atoms with Crippen LogP contribution in [0.5, 0.6) is 0 Å². The van der Waals surface area contributed by atoms with E-state index in [0.717, 1.165) is 18.5 Å². The van der Waals surface area contributed by atoms with Crippen molar-refractivity contribution in [2.75, 3.05) is 10.6 Å². The van der Waals surface area contributed by atoms with Gasteiger partial charge in [-0.15, -0.1) is 0 Å². The lowest BCUT2D eigenvalue weighted by atomic mass is 10.2. The van der Waals surface area contributed by atoms with Crippen LogP contribution in [0.2, 0.25) is 0 Å². The fraction of sp³-hybridized carbons (Fsp3) is 0.412. The Balaban J connectivity index is 1.68. The van der Waals surface area contributed by atoms with Gasteiger partial charge in [-0.25, -0.2) is 4.79 Å². The van der Waals surface area contributed by atoms with Gasteiger partial charge in [-0.2, -0.15) is 5.10 Å². The molecular formula is C17H21N5O3. The fourth-order valence-corrected chi connectivity index (χ4v) is 3.24. The summed E-state index contributed by atoms with van der Waals surface area (Å²) in [4.78, 5) is 22.6. The van der Waals surface area contributed by atoms with Gasteiger partial charge < -0.3 is 10.6 Å². The molecule has 8 nitrogen and oxygen atoms in total. The number of nitrogens with zero attached hydrogens (tertiary/aromatic N) is 3. The van der Waals surface area contributed by atoms with Crippen molar-refractivity contribution in [2.45, 2.75) is 45.6 Å². The number of benzene rings is 1. The number of carbonyl (C=O) groups is 1. The van der Waals surface area contributed by atoms with E-state index in [0.29, 0.717) is 23.0 Å². The van der Waals surface area contributed by atoms with Crippen molar-refractivity contribution in [2.24, 2.45) is 0 Å². The SMILES string of the molecule is Cc1cc([N+](=O)[O-])ccc1NC(=O)Nc1cnn(C2CCCC2)c1C. The lowest BCUT2D eigenvalue weighted by Crippen LogP contribution is -2.20. The molecule has 132 valence electrons. The van der Waals surface area contributed by atoms with Crippen LogP contribution in [-0.2, 0) is 0 Å². The first-order valence-corrected chi connectivity index (χ1v) is 8.33. The molecule has 0 bridgehead atoms. The molecule has 8 heteroatoms. The zero-order valence-electron chi connectivity index (χ0n) is 14.3. The molecule has 0 aliphatic heterocycles. The molecule has 1 fully saturated rings. The van der Waals surface area contributed by atoms with Gasteiger partial charge in [-0.1, -0.05) is 12.8 Å². The van der Waals surface area contributed by atoms with E-state index < -0.39 is 11.0 Å². The Bertz CT molecular complexity index is 809. The molecule has 1 aliphatic rings. The minimum Gasteiger partial charge on any atom is -0.307 e. The van der Waals surface area contributed by atoms with Gasteiger partial charge in [0.15, 0.2) is 0 Å². The molecule has 1 saturated carbocycles. The normalized spacial score (nSPS) is 14.5. The van der Waals surface area contributed by atoms with E-state index in [1.54, 1.807) is 13.1 Å². The largest absolute Gasteiger partial charge is 0.323 e. The molecule has 3 rings (SSSR count). The Hall–Kier alpha value is -2.90. The Morgan fingerprint density at radius 2 is 1.92 bits per heavy atom. The maximum absolute atomic E-state index is 12.2. The first-order chi connectivity index (χ1) is 12.0. The summed E-state index contributed by atoms with van der Waals surface area (Å²) in [6.07, 6.45) is 6.33. The summed E-state index contributed by atoms with van der Waals surface area (Å²) in [5.74, 6) is 0. The lowest BCUT2D eigenvalue weighted by molar-refractivity contribution is -0.384. The number of carbonyl (C=O) groups excluding carboxylic acids is 1. The zero-order valence-corrected chi connectivity index (χ0v) is 14.3. The third kappa shape index (κ3) is 3.62. The second-order valence-corrected chi connectivity index (χ2v) is 6.36. The van der Waals surface area contributed by atoms with Gasteiger partial charge in [0.05, 0.1) is 28.5 Å². The van der Waals surface area contributed by atoms with Gasteiger partial charge in [0, 0.05) is 17.8 Å². The number of nitro benzene ring substituents is 1. The Kier molecular flexibility index (Phi) is 4.69. The number of amides is 2. The smallest absolute Gasteiger partial charge is 0.307 e. The maximum atomic E-state index is 12.2. The third-order valence-corrected chi connectivity index (χ3v) is 4.63. The molecule has 0 saturated heterocycles. The number of aromatic nitrogens is 2. The predicted octanol–water partition coefficient (Wildman–Crippen LogP) is 4.17. The molecule has 2 amide bonds. The number of nitrogens with one attached hydrogen (secondary N) is 2. The van der Waals surface area contributed by atoms with Crippen LogP contribution in [0.25, 0.3) is 0 Å². The molecule has 0 radical (unpaired) electrons. The van der Waals surface area contributed by atoms with Crippen molar-refractivity contribution >= 4 is 23.1 Å². The molecule has 1 aromatic heterocycles. The molecule has 25 heavy (non-hydrogen) atoms. The van der Waals surface area contributed by atoms with Crippen molar-refractivity contribution in [3.05, 3.63) is 45.8 Å². The number of anilines is 2. The number of hydrogen-bond acceptors (Lipinski definition) is 4. The summed E-state index contributed by atoms with van der Waals surface area (Å²) in [5, 5.41) is 20.7. The van der Waals surface area contributed by atoms with Gasteiger partial charge in [0.25, 0.3) is 5.69 Å². The summed E-state index contributed by atoms with van der Waals surface area (Å²) >= 11 is 0. The summed E-state index contributed by atoms with van der Waals surface area (Å²) < 4.78 is 1.99. The minimum absolute atomic E-state index is 0.00265. The Morgan fingerprint density at radius 3 is 2.56 bits per heavy atom. The van der Waals surface area contributed by atoms with Crippen molar-refractivity contribution in [3.8, 4) is 0 Å². The molecule has 1 aromatic carbocycles. The zero-order chi connectivity index (χ0) is 18.0. The first-order valence-electron chi connectivity index (χ1n) is 8.33. The van der Waals surface area contributed by atoms with Crippen molar-refractivity contribution < 1.29 is 9.72 Å². The first kappa shape index (κ1) is 16.9. The van der Waals surface area contributed by atoms with Gasteiger partial charge in [-0.3, -0.25) is 14.8 Å². The van der Waals surface area contributed by atoms with Gasteiger partial charge in [-0.05, 0) is 38.3 Å². The van der Waals surface area contributed by atoms with Gasteiger partial charge in [0.1, 0.15) is 0 Å². The molecule has 1 aliphatic carbocycles. The molecule has 2 N–H and O–H groups in total. The highest BCUT2D eigenvalue weighted by Gasteiger charge is 2.21. The average Bonchev–Trinajstić information content (AvgIpc) is 3.20. The van der Waals surface area contributed by atoms with Crippen LogP contribution in [-0.4, -0.2) is 20.7 Å². The van der Waals surface area contributed by atoms with E-state index in [2.05, 4.69) is 15.7 Å². The van der Waals surface area contributed by atoms with E-state index in [4.69, 9.17) is 0 Å². The summed E-state index contributed by atoms with van der Waals surface area (Å²) in [6, 6.07) is 4.34. The van der Waals surface area contributed by atoms with Crippen LogP contribution in [0.3, 0.4) is 0 Å². The van der Waals surface area contributed by atoms with E-state index in [-0.39, 0.29) is 5.69 Å². The molecule has 2 aromatic rings. The standard InChI is InChI=1S/C17H21N5O3/c1-11-9-14(22(24)25)7-8-15(11)19-17(23)20-16-10-18-21(12(16)2)13-5-3-4-6-13/h7-10,13H,3-6H2,1-2H3,(H2,19,20,23). The van der Waals surface area contributed by atoms with E-state index in [1.807, 2.05) is 11.6 Å². The van der Waals surface area contributed by atoms with Gasteiger partial charge >= 0.3 is 6.03 Å². The van der Waals surface area contributed by atoms with Crippen molar-refractivity contribution in [1.82, 2.24) is 9.78 Å². The van der Waals surface area contributed by atoms with E-state index >= 15 is 0 Å². The Labute approximate surface area is 145 Å². The molecule has 0 unspecified atom stereocenters. The maximum Gasteiger partial charge on any atom is 0.323 e. The second kappa shape index (κ2) is 6.92. The van der Waals surface area contributed by atoms with Crippen LogP contribution >= 0.6 is 0 Å². The fourth-order valence-electron chi connectivity index (χ4n) is 3.24. The number of non-ortho nitro benzene ring substituents is 1. The molecular weight excluding hydrogens is 322 g/mol. The predicted molar refractivity (Wildman–Crippen MR) is 94.9 cm³/mol. The van der Waals surface area contributed by atoms with E-state index in [9.17, 15) is 14.9 Å². The molecule has 0 spiro atoms. The van der Waals surface area contributed by atoms with Crippen LogP contribution in [0.15, 0.2) is 24.4 Å². The van der Waals surface area contributed by atoms with Crippen LogP contribution in [0.1, 0.15) is 43.0 Å². The number of aryl methyl sites for hydroxylation is 1. The quantitative estimate of drug-likeness (QED) is 0.642. The highest BCUT2D eigenvalue weighted by Crippen LogP contribution is 2.31. The van der Waals surface area contributed by atoms with Gasteiger partial charge in [0.2, 0.25) is 0 Å².